The number of aromatic nitrogens is 1. The molecule has 6 heteroatoms. The van der Waals surface area contributed by atoms with Crippen LogP contribution in [-0.2, 0) is 0 Å². The SMILES string of the molecule is Cl.Cl.NC(CCO)c1cncs1. The molecule has 0 aliphatic heterocycles. The summed E-state index contributed by atoms with van der Waals surface area (Å²) >= 11 is 1.52. The molecule has 0 bridgehead atoms. The second kappa shape index (κ2) is 7.76. The van der Waals surface area contributed by atoms with Crippen LogP contribution in [0.3, 0.4) is 0 Å². The van der Waals surface area contributed by atoms with Crippen molar-refractivity contribution in [3.8, 4) is 0 Å². The second-order valence-electron chi connectivity index (χ2n) is 2.02. The standard InChI is InChI=1S/C6H10N2OS.2ClH/c7-5(1-2-9)6-3-8-4-10-6;;/h3-5,9H,1-2,7H2;2*1H. The summed E-state index contributed by atoms with van der Waals surface area (Å²) in [5.74, 6) is 0. The van der Waals surface area contributed by atoms with Crippen molar-refractivity contribution >= 4 is 36.2 Å². The predicted molar refractivity (Wildman–Crippen MR) is 55.2 cm³/mol. The van der Waals surface area contributed by atoms with Gasteiger partial charge in [-0.25, -0.2) is 0 Å². The van der Waals surface area contributed by atoms with Gasteiger partial charge in [0, 0.05) is 23.7 Å². The van der Waals surface area contributed by atoms with Crippen molar-refractivity contribution in [2.24, 2.45) is 5.73 Å². The lowest BCUT2D eigenvalue weighted by Gasteiger charge is -2.04. The highest BCUT2D eigenvalue weighted by molar-refractivity contribution is 7.09. The fourth-order valence-electron chi connectivity index (χ4n) is 0.690. The molecule has 0 aliphatic rings. The van der Waals surface area contributed by atoms with Gasteiger partial charge in [-0.1, -0.05) is 0 Å². The number of hydrogen-bond acceptors (Lipinski definition) is 4. The lowest BCUT2D eigenvalue weighted by Crippen LogP contribution is -2.09. The van der Waals surface area contributed by atoms with E-state index in [0.717, 1.165) is 4.88 Å². The number of aliphatic hydroxyl groups is 1. The summed E-state index contributed by atoms with van der Waals surface area (Å²) in [5.41, 5.74) is 7.40. The Morgan fingerprint density at radius 2 is 2.25 bits per heavy atom. The molecular weight excluding hydrogens is 219 g/mol. The third-order valence-electron chi connectivity index (χ3n) is 1.26. The smallest absolute Gasteiger partial charge is 0.0794 e. The van der Waals surface area contributed by atoms with Gasteiger partial charge in [0.15, 0.2) is 0 Å². The molecule has 0 fully saturated rings. The minimum absolute atomic E-state index is 0. The summed E-state index contributed by atoms with van der Waals surface area (Å²) in [4.78, 5) is 4.92. The van der Waals surface area contributed by atoms with Gasteiger partial charge in [-0.15, -0.1) is 36.2 Å². The van der Waals surface area contributed by atoms with Crippen molar-refractivity contribution in [2.75, 3.05) is 6.61 Å². The molecule has 1 unspecified atom stereocenters. The van der Waals surface area contributed by atoms with Gasteiger partial charge in [0.2, 0.25) is 0 Å². The molecule has 0 aromatic carbocycles. The minimum Gasteiger partial charge on any atom is -0.396 e. The molecule has 0 amide bonds. The Bertz CT molecular complexity index is 184. The molecule has 3 N–H and O–H groups in total. The first-order valence-corrected chi connectivity index (χ1v) is 3.97. The van der Waals surface area contributed by atoms with E-state index in [4.69, 9.17) is 10.8 Å². The molecule has 1 aromatic heterocycles. The van der Waals surface area contributed by atoms with Crippen LogP contribution in [0.1, 0.15) is 17.3 Å². The quantitative estimate of drug-likeness (QED) is 0.825. The van der Waals surface area contributed by atoms with Crippen molar-refractivity contribution in [1.82, 2.24) is 4.98 Å². The molecule has 1 atom stereocenters. The van der Waals surface area contributed by atoms with Gasteiger partial charge in [0.25, 0.3) is 0 Å². The van der Waals surface area contributed by atoms with Crippen LogP contribution in [0.4, 0.5) is 0 Å². The Morgan fingerprint density at radius 3 is 2.67 bits per heavy atom. The summed E-state index contributed by atoms with van der Waals surface area (Å²) in [6.07, 6.45) is 2.35. The lowest BCUT2D eigenvalue weighted by atomic mass is 10.2. The van der Waals surface area contributed by atoms with Gasteiger partial charge in [0.1, 0.15) is 0 Å². The van der Waals surface area contributed by atoms with Crippen molar-refractivity contribution in [3.63, 3.8) is 0 Å². The van der Waals surface area contributed by atoms with Crippen LogP contribution >= 0.6 is 36.2 Å². The largest absolute Gasteiger partial charge is 0.396 e. The van der Waals surface area contributed by atoms with Gasteiger partial charge < -0.3 is 10.8 Å². The van der Waals surface area contributed by atoms with Crippen molar-refractivity contribution in [1.29, 1.82) is 0 Å². The zero-order valence-corrected chi connectivity index (χ0v) is 8.79. The van der Waals surface area contributed by atoms with Gasteiger partial charge in [-0.05, 0) is 6.42 Å². The number of aliphatic hydroxyl groups excluding tert-OH is 1. The maximum absolute atomic E-state index is 8.54. The molecule has 72 valence electrons. The third-order valence-corrected chi connectivity index (χ3v) is 2.16. The summed E-state index contributed by atoms with van der Waals surface area (Å²) in [7, 11) is 0. The molecule has 0 saturated heterocycles. The number of rotatable bonds is 3. The monoisotopic (exact) mass is 230 g/mol. The first-order valence-electron chi connectivity index (χ1n) is 3.09. The van der Waals surface area contributed by atoms with Crippen LogP contribution in [0.5, 0.6) is 0 Å². The Morgan fingerprint density at radius 1 is 1.58 bits per heavy atom. The number of hydrogen-bond donors (Lipinski definition) is 2. The molecule has 1 aromatic rings. The molecule has 1 rings (SSSR count). The molecule has 0 aliphatic carbocycles. The zero-order chi connectivity index (χ0) is 7.40. The van der Waals surface area contributed by atoms with E-state index >= 15 is 0 Å². The normalized spacial score (nSPS) is 11.2. The summed E-state index contributed by atoms with van der Waals surface area (Å²) < 4.78 is 0. The van der Waals surface area contributed by atoms with E-state index in [2.05, 4.69) is 4.98 Å². The van der Waals surface area contributed by atoms with Crippen LogP contribution in [0, 0.1) is 0 Å². The molecule has 3 nitrogen and oxygen atoms in total. The fourth-order valence-corrected chi connectivity index (χ4v) is 1.35. The average Bonchev–Trinajstić information content (AvgIpc) is 2.38. The zero-order valence-electron chi connectivity index (χ0n) is 6.34. The Labute approximate surface area is 87.8 Å². The third kappa shape index (κ3) is 4.23. The average molecular weight is 231 g/mol. The Balaban J connectivity index is 0. The predicted octanol–water partition coefficient (Wildman–Crippen LogP) is 1.37. The van der Waals surface area contributed by atoms with Crippen LogP contribution in [0.15, 0.2) is 11.7 Å². The van der Waals surface area contributed by atoms with E-state index in [9.17, 15) is 0 Å². The van der Waals surface area contributed by atoms with Crippen LogP contribution in [0.25, 0.3) is 0 Å². The van der Waals surface area contributed by atoms with E-state index in [1.54, 1.807) is 11.7 Å². The van der Waals surface area contributed by atoms with Crippen LogP contribution < -0.4 is 5.73 Å². The van der Waals surface area contributed by atoms with E-state index in [1.807, 2.05) is 0 Å². The summed E-state index contributed by atoms with van der Waals surface area (Å²) in [5, 5.41) is 8.54. The molecule has 0 radical (unpaired) electrons. The van der Waals surface area contributed by atoms with Crippen LogP contribution in [-0.4, -0.2) is 16.7 Å². The van der Waals surface area contributed by atoms with Gasteiger partial charge in [-0.3, -0.25) is 4.98 Å². The first kappa shape index (κ1) is 14.6. The molecule has 1 heterocycles. The highest BCUT2D eigenvalue weighted by atomic mass is 35.5. The lowest BCUT2D eigenvalue weighted by molar-refractivity contribution is 0.277. The number of nitrogens with two attached hydrogens (primary N) is 1. The topological polar surface area (TPSA) is 59.1 Å². The number of thiazole rings is 1. The summed E-state index contributed by atoms with van der Waals surface area (Å²) in [6, 6.07) is -0.0440. The Kier molecular flexibility index (Phi) is 9.47. The van der Waals surface area contributed by atoms with Crippen LogP contribution in [0.2, 0.25) is 0 Å². The molecule has 0 saturated carbocycles. The second-order valence-corrected chi connectivity index (χ2v) is 2.94. The first-order chi connectivity index (χ1) is 4.84. The minimum atomic E-state index is -0.0440. The van der Waals surface area contributed by atoms with E-state index in [0.29, 0.717) is 6.42 Å². The van der Waals surface area contributed by atoms with Crippen molar-refractivity contribution in [3.05, 3.63) is 16.6 Å². The van der Waals surface area contributed by atoms with E-state index < -0.39 is 0 Å². The van der Waals surface area contributed by atoms with Crippen molar-refractivity contribution in [2.45, 2.75) is 12.5 Å². The van der Waals surface area contributed by atoms with Gasteiger partial charge in [0.05, 0.1) is 5.51 Å². The van der Waals surface area contributed by atoms with E-state index in [-0.39, 0.29) is 37.5 Å². The van der Waals surface area contributed by atoms with Gasteiger partial charge in [-0.2, -0.15) is 0 Å². The maximum Gasteiger partial charge on any atom is 0.0794 e. The highest BCUT2D eigenvalue weighted by Gasteiger charge is 2.05. The number of halogens is 2. The molecule has 0 spiro atoms. The van der Waals surface area contributed by atoms with E-state index in [1.165, 1.54) is 11.3 Å². The van der Waals surface area contributed by atoms with Gasteiger partial charge >= 0.3 is 0 Å². The Hall–Kier alpha value is 0.130. The maximum atomic E-state index is 8.54. The van der Waals surface area contributed by atoms with Crippen molar-refractivity contribution < 1.29 is 5.11 Å². The highest BCUT2D eigenvalue weighted by Crippen LogP contribution is 2.16. The fraction of sp³-hybridized carbons (Fsp3) is 0.500. The number of nitrogens with zero attached hydrogens (tertiary/aromatic N) is 1. The summed E-state index contributed by atoms with van der Waals surface area (Å²) in [6.45, 7) is 0.138. The molecular formula is C6H12Cl2N2OS. The molecule has 12 heavy (non-hydrogen) atoms.